The Kier molecular flexibility index (Phi) is 4.89. The lowest BCUT2D eigenvalue weighted by molar-refractivity contribution is -0.139. The molecular weight excluding hydrogens is 346 g/mol. The van der Waals surface area contributed by atoms with Crippen LogP contribution >= 0.6 is 0 Å². The highest BCUT2D eigenvalue weighted by Gasteiger charge is 2.36. The highest BCUT2D eigenvalue weighted by atomic mass is 16.7. The van der Waals surface area contributed by atoms with Gasteiger partial charge in [0.2, 0.25) is 0 Å². The number of hydrogen-bond acceptors (Lipinski definition) is 6. The number of carbonyl (C=O) groups is 1. The van der Waals surface area contributed by atoms with E-state index in [4.69, 9.17) is 9.57 Å². The molecule has 1 aliphatic rings. The van der Waals surface area contributed by atoms with Crippen LogP contribution in [0.3, 0.4) is 0 Å². The molecule has 0 aliphatic carbocycles. The Morgan fingerprint density at radius 3 is 2.93 bits per heavy atom. The Morgan fingerprint density at radius 1 is 1.33 bits per heavy atom. The maximum Gasteiger partial charge on any atom is 0.357 e. The minimum Gasteiger partial charge on any atom is -0.396 e. The summed E-state index contributed by atoms with van der Waals surface area (Å²) in [5.74, 6) is -0.694. The van der Waals surface area contributed by atoms with Crippen LogP contribution in [0.5, 0.6) is 0 Å². The van der Waals surface area contributed by atoms with Gasteiger partial charge in [-0.15, -0.1) is 5.06 Å². The number of fused-ring (bicyclic) bond motifs is 1. The molecule has 0 amide bonds. The third-order valence-corrected chi connectivity index (χ3v) is 4.95. The third-order valence-electron chi connectivity index (χ3n) is 4.95. The van der Waals surface area contributed by atoms with E-state index in [1.165, 1.54) is 5.06 Å². The molecule has 2 heterocycles. The van der Waals surface area contributed by atoms with E-state index in [-0.39, 0.29) is 25.3 Å². The fraction of sp³-hybridized carbons (Fsp3) is 0.300. The average molecular weight is 367 g/mol. The fourth-order valence-corrected chi connectivity index (χ4v) is 3.43. The number of ether oxygens (including phenoxy) is 1. The highest BCUT2D eigenvalue weighted by Crippen LogP contribution is 2.29. The molecule has 3 aromatic rings. The van der Waals surface area contributed by atoms with Crippen LogP contribution in [0.4, 0.5) is 0 Å². The van der Waals surface area contributed by atoms with Gasteiger partial charge in [-0.25, -0.2) is 4.79 Å². The zero-order valence-electron chi connectivity index (χ0n) is 15.0. The summed E-state index contributed by atoms with van der Waals surface area (Å²) in [6, 6.07) is 14.5. The van der Waals surface area contributed by atoms with Crippen LogP contribution in [0.2, 0.25) is 0 Å². The lowest BCUT2D eigenvalue weighted by Crippen LogP contribution is -2.39. The number of rotatable bonds is 5. The molecule has 7 nitrogen and oxygen atoms in total. The first-order valence-corrected chi connectivity index (χ1v) is 8.81. The molecule has 1 aliphatic heterocycles. The zero-order chi connectivity index (χ0) is 18.8. The molecule has 27 heavy (non-hydrogen) atoms. The maximum absolute atomic E-state index is 12.4. The Balaban J connectivity index is 1.56. The SMILES string of the molecule is Cn1ncc2ccc(C(CO)C3COCN3OC(=O)c3ccccc3)cc21. The number of aromatic nitrogens is 2. The van der Waals surface area contributed by atoms with Gasteiger partial charge >= 0.3 is 5.97 Å². The number of carbonyl (C=O) groups excluding carboxylic acids is 1. The molecule has 2 atom stereocenters. The molecule has 140 valence electrons. The van der Waals surface area contributed by atoms with E-state index in [1.54, 1.807) is 35.1 Å². The molecule has 7 heteroatoms. The molecule has 4 rings (SSSR count). The van der Waals surface area contributed by atoms with Crippen LogP contribution < -0.4 is 0 Å². The largest absolute Gasteiger partial charge is 0.396 e. The van der Waals surface area contributed by atoms with Crippen molar-refractivity contribution < 1.29 is 19.5 Å². The molecule has 2 aromatic carbocycles. The molecule has 0 saturated carbocycles. The van der Waals surface area contributed by atoms with Crippen molar-refractivity contribution in [1.82, 2.24) is 14.8 Å². The second kappa shape index (κ2) is 7.48. The first-order valence-electron chi connectivity index (χ1n) is 8.81. The van der Waals surface area contributed by atoms with Crippen LogP contribution in [0.1, 0.15) is 21.8 Å². The predicted molar refractivity (Wildman–Crippen MR) is 98.8 cm³/mol. The van der Waals surface area contributed by atoms with Gasteiger partial charge in [-0.2, -0.15) is 5.10 Å². The summed E-state index contributed by atoms with van der Waals surface area (Å²) in [6.07, 6.45) is 1.81. The summed E-state index contributed by atoms with van der Waals surface area (Å²) >= 11 is 0. The van der Waals surface area contributed by atoms with Gasteiger partial charge in [0.1, 0.15) is 6.73 Å². The Hall–Kier alpha value is -2.74. The summed E-state index contributed by atoms with van der Waals surface area (Å²) in [6.45, 7) is 0.460. The molecule has 0 bridgehead atoms. The van der Waals surface area contributed by atoms with E-state index in [0.717, 1.165) is 16.5 Å². The molecule has 0 radical (unpaired) electrons. The molecular formula is C20H21N3O4. The van der Waals surface area contributed by atoms with Crippen molar-refractivity contribution in [3.8, 4) is 0 Å². The number of hydrogen-bond donors (Lipinski definition) is 1. The van der Waals surface area contributed by atoms with Crippen LogP contribution in [0.25, 0.3) is 10.9 Å². The summed E-state index contributed by atoms with van der Waals surface area (Å²) in [7, 11) is 1.88. The van der Waals surface area contributed by atoms with E-state index in [1.807, 2.05) is 31.3 Å². The number of aliphatic hydroxyl groups excluding tert-OH is 1. The zero-order valence-corrected chi connectivity index (χ0v) is 15.0. The van der Waals surface area contributed by atoms with Gasteiger partial charge in [-0.3, -0.25) is 4.68 Å². The topological polar surface area (TPSA) is 76.8 Å². The van der Waals surface area contributed by atoms with Crippen molar-refractivity contribution in [2.75, 3.05) is 19.9 Å². The summed E-state index contributed by atoms with van der Waals surface area (Å²) < 4.78 is 7.32. The van der Waals surface area contributed by atoms with E-state index in [0.29, 0.717) is 12.2 Å². The van der Waals surface area contributed by atoms with Crippen molar-refractivity contribution in [3.63, 3.8) is 0 Å². The van der Waals surface area contributed by atoms with E-state index < -0.39 is 5.97 Å². The van der Waals surface area contributed by atoms with Gasteiger partial charge in [0.05, 0.1) is 36.5 Å². The van der Waals surface area contributed by atoms with Crippen molar-refractivity contribution in [2.45, 2.75) is 12.0 Å². The predicted octanol–water partition coefficient (Wildman–Crippen LogP) is 2.08. The number of aliphatic hydroxyl groups is 1. The summed E-state index contributed by atoms with van der Waals surface area (Å²) in [4.78, 5) is 17.9. The van der Waals surface area contributed by atoms with Crippen molar-refractivity contribution in [2.24, 2.45) is 7.05 Å². The van der Waals surface area contributed by atoms with Gasteiger partial charge in [-0.1, -0.05) is 30.3 Å². The van der Waals surface area contributed by atoms with Crippen LogP contribution in [0.15, 0.2) is 54.7 Å². The Bertz CT molecular complexity index is 941. The summed E-state index contributed by atoms with van der Waals surface area (Å²) in [5.41, 5.74) is 2.41. The summed E-state index contributed by atoms with van der Waals surface area (Å²) in [5, 5.41) is 16.9. The second-order valence-electron chi connectivity index (χ2n) is 6.60. The first-order chi connectivity index (χ1) is 13.2. The first kappa shape index (κ1) is 17.7. The quantitative estimate of drug-likeness (QED) is 0.744. The van der Waals surface area contributed by atoms with Gasteiger partial charge in [0.15, 0.2) is 0 Å². The van der Waals surface area contributed by atoms with E-state index >= 15 is 0 Å². The number of aryl methyl sites for hydroxylation is 1. The fourth-order valence-electron chi connectivity index (χ4n) is 3.43. The van der Waals surface area contributed by atoms with Crippen LogP contribution in [-0.2, 0) is 16.6 Å². The molecule has 0 spiro atoms. The number of benzene rings is 2. The lowest BCUT2D eigenvalue weighted by atomic mass is 9.92. The average Bonchev–Trinajstić information content (AvgIpc) is 3.30. The maximum atomic E-state index is 12.4. The number of hydroxylamine groups is 2. The van der Waals surface area contributed by atoms with Crippen LogP contribution in [-0.4, -0.2) is 51.9 Å². The van der Waals surface area contributed by atoms with E-state index in [2.05, 4.69) is 5.10 Å². The highest BCUT2D eigenvalue weighted by molar-refractivity contribution is 5.89. The monoisotopic (exact) mass is 367 g/mol. The van der Waals surface area contributed by atoms with Crippen molar-refractivity contribution in [3.05, 3.63) is 65.9 Å². The lowest BCUT2D eigenvalue weighted by Gasteiger charge is -2.27. The molecule has 1 saturated heterocycles. The van der Waals surface area contributed by atoms with Crippen molar-refractivity contribution >= 4 is 16.9 Å². The van der Waals surface area contributed by atoms with Gasteiger partial charge in [-0.05, 0) is 23.8 Å². The smallest absolute Gasteiger partial charge is 0.357 e. The second-order valence-corrected chi connectivity index (χ2v) is 6.60. The third kappa shape index (κ3) is 3.44. The Labute approximate surface area is 156 Å². The number of nitrogens with zero attached hydrogens (tertiary/aromatic N) is 3. The Morgan fingerprint density at radius 2 is 2.15 bits per heavy atom. The molecule has 1 N–H and O–H groups in total. The molecule has 1 aromatic heterocycles. The van der Waals surface area contributed by atoms with Crippen molar-refractivity contribution in [1.29, 1.82) is 0 Å². The molecule has 2 unspecified atom stereocenters. The van der Waals surface area contributed by atoms with Crippen LogP contribution in [0, 0.1) is 0 Å². The van der Waals surface area contributed by atoms with Gasteiger partial charge < -0.3 is 14.7 Å². The molecule has 1 fully saturated rings. The normalized spacial score (nSPS) is 18.7. The van der Waals surface area contributed by atoms with Gasteiger partial charge in [0, 0.05) is 18.4 Å². The minimum absolute atomic E-state index is 0.0865. The van der Waals surface area contributed by atoms with Gasteiger partial charge in [0.25, 0.3) is 0 Å². The standard InChI is InChI=1S/C20H21N3O4/c1-22-18-9-15(7-8-16(18)10-21-22)17(11-24)19-12-26-13-23(19)27-20(25)14-5-3-2-4-6-14/h2-10,17,19,24H,11-13H2,1H3. The van der Waals surface area contributed by atoms with E-state index in [9.17, 15) is 9.90 Å². The minimum atomic E-state index is -0.440.